The van der Waals surface area contributed by atoms with Gasteiger partial charge in [-0.15, -0.1) is 13.2 Å². The molecule has 0 saturated heterocycles. The highest BCUT2D eigenvalue weighted by atomic mass is 19.4. The molecular formula is C21H24F3N3O5. The Kier molecular flexibility index (Phi) is 7.60. The maximum absolute atomic E-state index is 12.4. The summed E-state index contributed by atoms with van der Waals surface area (Å²) in [6, 6.07) is 4.77. The molecule has 2 N–H and O–H groups in total. The molecule has 1 saturated carbocycles. The predicted molar refractivity (Wildman–Crippen MR) is 106 cm³/mol. The predicted octanol–water partition coefficient (Wildman–Crippen LogP) is 3.58. The van der Waals surface area contributed by atoms with Gasteiger partial charge in [-0.25, -0.2) is 4.98 Å². The van der Waals surface area contributed by atoms with Gasteiger partial charge < -0.3 is 24.5 Å². The standard InChI is InChI=1S/C21H24F3N3O5/c1-13-4-2-3-5-16(13)27-20(29)17-11-31-19(26-17)10-25-18(28)12-30-14-6-8-15(9-7-14)32-21(22,23)24/h6-9,11,13,16H,2-5,10,12H2,1H3,(H,25,28)(H,27,29). The molecule has 174 valence electrons. The molecule has 0 spiro atoms. The molecule has 3 rings (SSSR count). The van der Waals surface area contributed by atoms with Gasteiger partial charge in [0.2, 0.25) is 5.89 Å². The summed E-state index contributed by atoms with van der Waals surface area (Å²) in [5.41, 5.74) is 0.143. The average molecular weight is 455 g/mol. The number of carbonyl (C=O) groups excluding carboxylic acids is 2. The van der Waals surface area contributed by atoms with Gasteiger partial charge in [0.1, 0.15) is 17.8 Å². The summed E-state index contributed by atoms with van der Waals surface area (Å²) >= 11 is 0. The topological polar surface area (TPSA) is 103 Å². The van der Waals surface area contributed by atoms with Crippen LogP contribution in [0.1, 0.15) is 49.0 Å². The number of nitrogens with one attached hydrogen (secondary N) is 2. The number of nitrogens with zero attached hydrogens (tertiary/aromatic N) is 1. The number of oxazole rings is 1. The van der Waals surface area contributed by atoms with E-state index in [1.807, 2.05) is 0 Å². The summed E-state index contributed by atoms with van der Waals surface area (Å²) in [6.45, 7) is 1.70. The van der Waals surface area contributed by atoms with Gasteiger partial charge in [0.15, 0.2) is 12.3 Å². The molecule has 32 heavy (non-hydrogen) atoms. The minimum absolute atomic E-state index is 0.0480. The molecule has 0 radical (unpaired) electrons. The number of alkyl halides is 3. The molecule has 0 aliphatic heterocycles. The fourth-order valence-electron chi connectivity index (χ4n) is 3.38. The molecule has 11 heteroatoms. The summed E-state index contributed by atoms with van der Waals surface area (Å²) in [7, 11) is 0. The van der Waals surface area contributed by atoms with E-state index < -0.39 is 18.0 Å². The minimum Gasteiger partial charge on any atom is -0.484 e. The van der Waals surface area contributed by atoms with E-state index in [0.29, 0.717) is 5.92 Å². The summed E-state index contributed by atoms with van der Waals surface area (Å²) in [4.78, 5) is 28.4. The van der Waals surface area contributed by atoms with Crippen molar-refractivity contribution in [2.45, 2.75) is 51.6 Å². The van der Waals surface area contributed by atoms with Gasteiger partial charge in [0.25, 0.3) is 11.8 Å². The quantitative estimate of drug-likeness (QED) is 0.631. The Morgan fingerprint density at radius 3 is 2.53 bits per heavy atom. The number of rotatable bonds is 8. The monoisotopic (exact) mass is 455 g/mol. The van der Waals surface area contributed by atoms with Gasteiger partial charge in [0, 0.05) is 6.04 Å². The van der Waals surface area contributed by atoms with E-state index in [4.69, 9.17) is 9.15 Å². The second-order valence-electron chi connectivity index (χ2n) is 7.55. The molecule has 8 nitrogen and oxygen atoms in total. The van der Waals surface area contributed by atoms with E-state index >= 15 is 0 Å². The molecule has 2 aromatic rings. The van der Waals surface area contributed by atoms with Crippen molar-refractivity contribution in [3.8, 4) is 11.5 Å². The van der Waals surface area contributed by atoms with Crippen molar-refractivity contribution in [2.75, 3.05) is 6.61 Å². The molecule has 1 aromatic carbocycles. The summed E-state index contributed by atoms with van der Waals surface area (Å²) < 4.78 is 50.6. The van der Waals surface area contributed by atoms with Crippen molar-refractivity contribution in [1.29, 1.82) is 0 Å². The van der Waals surface area contributed by atoms with Crippen molar-refractivity contribution in [1.82, 2.24) is 15.6 Å². The van der Waals surface area contributed by atoms with Gasteiger partial charge in [-0.1, -0.05) is 19.8 Å². The van der Waals surface area contributed by atoms with Crippen LogP contribution in [0, 0.1) is 5.92 Å². The van der Waals surface area contributed by atoms with Crippen LogP contribution in [0.3, 0.4) is 0 Å². The van der Waals surface area contributed by atoms with E-state index in [2.05, 4.69) is 27.3 Å². The second-order valence-corrected chi connectivity index (χ2v) is 7.55. The Balaban J connectivity index is 1.40. The minimum atomic E-state index is -4.78. The van der Waals surface area contributed by atoms with E-state index in [1.54, 1.807) is 0 Å². The molecule has 1 heterocycles. The maximum Gasteiger partial charge on any atom is 0.573 e. The van der Waals surface area contributed by atoms with Crippen LogP contribution < -0.4 is 20.1 Å². The van der Waals surface area contributed by atoms with E-state index in [9.17, 15) is 22.8 Å². The third-order valence-corrected chi connectivity index (χ3v) is 5.08. The van der Waals surface area contributed by atoms with Crippen molar-refractivity contribution in [3.05, 3.63) is 42.1 Å². The molecule has 1 aliphatic rings. The number of hydrogen-bond donors (Lipinski definition) is 2. The lowest BCUT2D eigenvalue weighted by molar-refractivity contribution is -0.274. The van der Waals surface area contributed by atoms with Crippen molar-refractivity contribution >= 4 is 11.8 Å². The van der Waals surface area contributed by atoms with E-state index in [-0.39, 0.29) is 42.4 Å². The number of halogens is 3. The Bertz CT molecular complexity index is 914. The Morgan fingerprint density at radius 1 is 1.16 bits per heavy atom. The van der Waals surface area contributed by atoms with Gasteiger partial charge in [0.05, 0.1) is 6.54 Å². The van der Waals surface area contributed by atoms with Crippen molar-refractivity contribution in [2.24, 2.45) is 5.92 Å². The van der Waals surface area contributed by atoms with Crippen LogP contribution in [0.2, 0.25) is 0 Å². The summed E-state index contributed by atoms with van der Waals surface area (Å²) in [6.07, 6.45) is 0.727. The van der Waals surface area contributed by atoms with Crippen molar-refractivity contribution in [3.63, 3.8) is 0 Å². The first-order chi connectivity index (χ1) is 15.2. The highest BCUT2D eigenvalue weighted by molar-refractivity contribution is 5.92. The molecule has 1 fully saturated rings. The molecule has 2 unspecified atom stereocenters. The molecule has 0 bridgehead atoms. The molecular weight excluding hydrogens is 431 g/mol. The molecule has 2 amide bonds. The maximum atomic E-state index is 12.4. The zero-order chi connectivity index (χ0) is 23.1. The summed E-state index contributed by atoms with van der Waals surface area (Å²) in [5, 5.41) is 5.50. The normalized spacial score (nSPS) is 18.6. The number of ether oxygens (including phenoxy) is 2. The van der Waals surface area contributed by atoms with Crippen LogP contribution in [-0.4, -0.2) is 35.8 Å². The number of hydrogen-bond acceptors (Lipinski definition) is 6. The first-order valence-corrected chi connectivity index (χ1v) is 10.2. The number of benzene rings is 1. The zero-order valence-electron chi connectivity index (χ0n) is 17.4. The fraction of sp³-hybridized carbons (Fsp3) is 0.476. The largest absolute Gasteiger partial charge is 0.573 e. The van der Waals surface area contributed by atoms with Gasteiger partial charge >= 0.3 is 6.36 Å². The first-order valence-electron chi connectivity index (χ1n) is 10.2. The van der Waals surface area contributed by atoms with Gasteiger partial charge in [-0.3, -0.25) is 9.59 Å². The lowest BCUT2D eigenvalue weighted by Crippen LogP contribution is -2.41. The SMILES string of the molecule is CC1CCCCC1NC(=O)c1coc(CNC(=O)COc2ccc(OC(F)(F)F)cc2)n1. The third-order valence-electron chi connectivity index (χ3n) is 5.08. The average Bonchev–Trinajstić information content (AvgIpc) is 3.21. The summed E-state index contributed by atoms with van der Waals surface area (Å²) in [5.74, 6) is -0.439. The Hall–Kier alpha value is -3.24. The van der Waals surface area contributed by atoms with Crippen LogP contribution in [0.15, 0.2) is 34.9 Å². The van der Waals surface area contributed by atoms with E-state index in [0.717, 1.165) is 31.4 Å². The smallest absolute Gasteiger partial charge is 0.484 e. The fourth-order valence-corrected chi connectivity index (χ4v) is 3.38. The van der Waals surface area contributed by atoms with Crippen LogP contribution in [0.4, 0.5) is 13.2 Å². The third kappa shape index (κ3) is 7.17. The first kappa shape index (κ1) is 23.4. The number of carbonyl (C=O) groups is 2. The van der Waals surface area contributed by atoms with Crippen LogP contribution in [0.25, 0.3) is 0 Å². The molecule has 2 atom stereocenters. The van der Waals surface area contributed by atoms with Crippen LogP contribution >= 0.6 is 0 Å². The number of aromatic nitrogens is 1. The lowest BCUT2D eigenvalue weighted by Gasteiger charge is -2.29. The highest BCUT2D eigenvalue weighted by Crippen LogP contribution is 2.25. The lowest BCUT2D eigenvalue weighted by atomic mass is 9.86. The number of amides is 2. The van der Waals surface area contributed by atoms with E-state index in [1.165, 1.54) is 24.8 Å². The van der Waals surface area contributed by atoms with Gasteiger partial charge in [-0.2, -0.15) is 0 Å². The van der Waals surface area contributed by atoms with Gasteiger partial charge in [-0.05, 0) is 43.0 Å². The van der Waals surface area contributed by atoms with Crippen LogP contribution in [-0.2, 0) is 11.3 Å². The molecule has 1 aliphatic carbocycles. The molecule has 1 aromatic heterocycles. The van der Waals surface area contributed by atoms with Crippen LogP contribution in [0.5, 0.6) is 11.5 Å². The van der Waals surface area contributed by atoms with Crippen molar-refractivity contribution < 1.29 is 36.7 Å². The Morgan fingerprint density at radius 2 is 1.84 bits per heavy atom. The zero-order valence-corrected chi connectivity index (χ0v) is 17.4. The highest BCUT2D eigenvalue weighted by Gasteiger charge is 2.31. The Labute approximate surface area is 182 Å². The second kappa shape index (κ2) is 10.4.